The molecule has 0 saturated carbocycles. The molecule has 0 aliphatic heterocycles. The molecule has 1 aromatic heterocycles. The molecule has 0 fully saturated rings. The van der Waals surface area contributed by atoms with E-state index in [9.17, 15) is 18.7 Å². The van der Waals surface area contributed by atoms with Crippen molar-refractivity contribution in [1.29, 1.82) is 0 Å². The van der Waals surface area contributed by atoms with Crippen LogP contribution in [0.25, 0.3) is 0 Å². The normalized spacial score (nSPS) is 13.6. The van der Waals surface area contributed by atoms with Crippen molar-refractivity contribution in [3.05, 3.63) is 48.1 Å². The van der Waals surface area contributed by atoms with Gasteiger partial charge in [0.15, 0.2) is 0 Å². The molecule has 0 aliphatic rings. The second-order valence-electron chi connectivity index (χ2n) is 4.88. The van der Waals surface area contributed by atoms with Gasteiger partial charge in [-0.2, -0.15) is 5.10 Å². The van der Waals surface area contributed by atoms with Crippen LogP contribution in [-0.2, 0) is 16.9 Å². The topological polar surface area (TPSA) is 80.0 Å². The Balaban J connectivity index is 2.32. The van der Waals surface area contributed by atoms with Crippen molar-refractivity contribution in [2.45, 2.75) is 25.5 Å². The van der Waals surface area contributed by atoms with Crippen molar-refractivity contribution >= 4 is 5.91 Å². The number of benzene rings is 1. The van der Waals surface area contributed by atoms with Gasteiger partial charge in [-0.15, -0.1) is 0 Å². The standard InChI is InChI=1S/C14H16F2N4O2/c1-2-13(21)18-6-14(22,7-20-9-17-8-19-20)11-4-3-10(15)5-12(11)16/h3-5,8-9,22H,2,6-7H2,1H3,(H,18,21). The lowest BCUT2D eigenvalue weighted by atomic mass is 9.92. The summed E-state index contributed by atoms with van der Waals surface area (Å²) < 4.78 is 28.4. The Labute approximate surface area is 125 Å². The van der Waals surface area contributed by atoms with Gasteiger partial charge in [0.05, 0.1) is 13.1 Å². The van der Waals surface area contributed by atoms with Crippen molar-refractivity contribution < 1.29 is 18.7 Å². The van der Waals surface area contributed by atoms with Crippen LogP contribution in [0.1, 0.15) is 18.9 Å². The molecule has 1 amide bonds. The molecule has 1 heterocycles. The van der Waals surface area contributed by atoms with Crippen LogP contribution in [0.4, 0.5) is 8.78 Å². The molecule has 0 bridgehead atoms. The van der Waals surface area contributed by atoms with Gasteiger partial charge in [0.25, 0.3) is 0 Å². The monoisotopic (exact) mass is 310 g/mol. The fourth-order valence-electron chi connectivity index (χ4n) is 2.06. The van der Waals surface area contributed by atoms with Crippen LogP contribution in [0, 0.1) is 11.6 Å². The summed E-state index contributed by atoms with van der Waals surface area (Å²) in [5, 5.41) is 17.2. The fourth-order valence-corrected chi connectivity index (χ4v) is 2.06. The zero-order valence-corrected chi connectivity index (χ0v) is 12.0. The van der Waals surface area contributed by atoms with Crippen molar-refractivity contribution in [2.75, 3.05) is 6.54 Å². The zero-order valence-electron chi connectivity index (χ0n) is 12.0. The first-order valence-electron chi connectivity index (χ1n) is 6.71. The number of carbonyl (C=O) groups is 1. The number of halogens is 2. The van der Waals surface area contributed by atoms with Gasteiger partial charge in [-0.05, 0) is 6.07 Å². The van der Waals surface area contributed by atoms with Gasteiger partial charge < -0.3 is 10.4 Å². The minimum absolute atomic E-state index is 0.124. The van der Waals surface area contributed by atoms with Gasteiger partial charge in [-0.1, -0.05) is 13.0 Å². The molecule has 1 unspecified atom stereocenters. The maximum absolute atomic E-state index is 14.0. The maximum atomic E-state index is 14.0. The molecule has 2 aromatic rings. The average molecular weight is 310 g/mol. The number of nitrogens with one attached hydrogen (secondary N) is 1. The molecule has 0 aliphatic carbocycles. The third kappa shape index (κ3) is 3.64. The highest BCUT2D eigenvalue weighted by atomic mass is 19.1. The Morgan fingerprint density at radius 2 is 2.23 bits per heavy atom. The number of aromatic nitrogens is 3. The predicted molar refractivity (Wildman–Crippen MR) is 73.6 cm³/mol. The first-order chi connectivity index (χ1) is 10.4. The lowest BCUT2D eigenvalue weighted by Crippen LogP contribution is -2.44. The van der Waals surface area contributed by atoms with Crippen LogP contribution in [-0.4, -0.2) is 32.3 Å². The van der Waals surface area contributed by atoms with Crippen LogP contribution in [0.2, 0.25) is 0 Å². The Morgan fingerprint density at radius 3 is 2.82 bits per heavy atom. The molecule has 118 valence electrons. The Kier molecular flexibility index (Phi) is 4.81. The summed E-state index contributed by atoms with van der Waals surface area (Å²) in [6, 6.07) is 2.88. The molecule has 2 N–H and O–H groups in total. The van der Waals surface area contributed by atoms with E-state index in [-0.39, 0.29) is 31.0 Å². The molecular formula is C14H16F2N4O2. The molecular weight excluding hydrogens is 294 g/mol. The second-order valence-corrected chi connectivity index (χ2v) is 4.88. The van der Waals surface area contributed by atoms with Crippen LogP contribution < -0.4 is 5.32 Å². The number of carbonyl (C=O) groups excluding carboxylic acids is 1. The molecule has 8 heteroatoms. The first kappa shape index (κ1) is 16.0. The van der Waals surface area contributed by atoms with Gasteiger partial charge in [0, 0.05) is 18.1 Å². The smallest absolute Gasteiger partial charge is 0.219 e. The number of rotatable bonds is 6. The summed E-state index contributed by atoms with van der Waals surface area (Å²) in [5.41, 5.74) is -1.91. The summed E-state index contributed by atoms with van der Waals surface area (Å²) in [4.78, 5) is 15.2. The van der Waals surface area contributed by atoms with Crippen molar-refractivity contribution in [3.8, 4) is 0 Å². The molecule has 6 nitrogen and oxygen atoms in total. The second kappa shape index (κ2) is 6.61. The highest BCUT2D eigenvalue weighted by molar-refractivity contribution is 5.75. The Hall–Kier alpha value is -2.35. The van der Waals surface area contributed by atoms with E-state index in [0.29, 0.717) is 6.07 Å². The van der Waals surface area contributed by atoms with E-state index in [4.69, 9.17) is 0 Å². The van der Waals surface area contributed by atoms with Crippen LogP contribution in [0.15, 0.2) is 30.9 Å². The lowest BCUT2D eigenvalue weighted by molar-refractivity contribution is -0.122. The Bertz CT molecular complexity index is 648. The molecule has 1 atom stereocenters. The molecule has 0 radical (unpaired) electrons. The third-order valence-corrected chi connectivity index (χ3v) is 3.22. The largest absolute Gasteiger partial charge is 0.381 e. The van der Waals surface area contributed by atoms with Crippen molar-refractivity contribution in [2.24, 2.45) is 0 Å². The first-order valence-corrected chi connectivity index (χ1v) is 6.71. The van der Waals surface area contributed by atoms with E-state index < -0.39 is 17.2 Å². The van der Waals surface area contributed by atoms with Crippen LogP contribution >= 0.6 is 0 Å². The van der Waals surface area contributed by atoms with Gasteiger partial charge in [-0.3, -0.25) is 4.79 Å². The summed E-state index contributed by atoms with van der Waals surface area (Å²) in [6.07, 6.45) is 2.85. The minimum Gasteiger partial charge on any atom is -0.381 e. The average Bonchev–Trinajstić information content (AvgIpc) is 2.97. The summed E-state index contributed by atoms with van der Waals surface area (Å²) in [5.74, 6) is -1.94. The summed E-state index contributed by atoms with van der Waals surface area (Å²) in [7, 11) is 0. The number of amides is 1. The van der Waals surface area contributed by atoms with Crippen LogP contribution in [0.3, 0.4) is 0 Å². The molecule has 0 spiro atoms. The van der Waals surface area contributed by atoms with Gasteiger partial charge >= 0.3 is 0 Å². The minimum atomic E-state index is -1.78. The summed E-state index contributed by atoms with van der Waals surface area (Å²) >= 11 is 0. The number of hydrogen-bond donors (Lipinski definition) is 2. The summed E-state index contributed by atoms with van der Waals surface area (Å²) in [6.45, 7) is 1.28. The van der Waals surface area contributed by atoms with E-state index in [0.717, 1.165) is 12.1 Å². The predicted octanol–water partition coefficient (Wildman–Crippen LogP) is 0.970. The van der Waals surface area contributed by atoms with E-state index in [2.05, 4.69) is 15.4 Å². The fraction of sp³-hybridized carbons (Fsp3) is 0.357. The highest BCUT2D eigenvalue weighted by Crippen LogP contribution is 2.26. The van der Waals surface area contributed by atoms with Gasteiger partial charge in [0.1, 0.15) is 29.9 Å². The molecule has 22 heavy (non-hydrogen) atoms. The maximum Gasteiger partial charge on any atom is 0.219 e. The van der Waals surface area contributed by atoms with E-state index in [1.54, 1.807) is 6.92 Å². The zero-order chi connectivity index (χ0) is 16.2. The SMILES string of the molecule is CCC(=O)NCC(O)(Cn1cncn1)c1ccc(F)cc1F. The van der Waals surface area contributed by atoms with E-state index in [1.165, 1.54) is 17.3 Å². The lowest BCUT2D eigenvalue weighted by Gasteiger charge is -2.29. The van der Waals surface area contributed by atoms with Gasteiger partial charge in [0.2, 0.25) is 5.91 Å². The number of hydrogen-bond acceptors (Lipinski definition) is 4. The molecule has 1 aromatic carbocycles. The highest BCUT2D eigenvalue weighted by Gasteiger charge is 2.33. The van der Waals surface area contributed by atoms with Crippen molar-refractivity contribution in [1.82, 2.24) is 20.1 Å². The van der Waals surface area contributed by atoms with Gasteiger partial charge in [-0.25, -0.2) is 18.4 Å². The molecule has 0 saturated heterocycles. The van der Waals surface area contributed by atoms with Crippen molar-refractivity contribution in [3.63, 3.8) is 0 Å². The Morgan fingerprint density at radius 1 is 1.45 bits per heavy atom. The quantitative estimate of drug-likeness (QED) is 0.833. The third-order valence-electron chi connectivity index (χ3n) is 3.22. The van der Waals surface area contributed by atoms with Crippen LogP contribution in [0.5, 0.6) is 0 Å². The van der Waals surface area contributed by atoms with E-state index >= 15 is 0 Å². The number of aliphatic hydroxyl groups is 1. The van der Waals surface area contributed by atoms with E-state index in [1.807, 2.05) is 0 Å². The molecule has 2 rings (SSSR count). The number of nitrogens with zero attached hydrogens (tertiary/aromatic N) is 3.